The van der Waals surface area contributed by atoms with Crippen molar-refractivity contribution in [1.82, 2.24) is 5.32 Å². The molecule has 0 bridgehead atoms. The second kappa shape index (κ2) is 7.32. The van der Waals surface area contributed by atoms with Crippen molar-refractivity contribution in [3.63, 3.8) is 0 Å². The fourth-order valence-electron chi connectivity index (χ4n) is 1.27. The molecule has 1 amide bonds. The minimum Gasteiger partial charge on any atom is -0.395 e. The normalized spacial score (nSPS) is 10.7. The molecule has 19 heavy (non-hydrogen) atoms. The summed E-state index contributed by atoms with van der Waals surface area (Å²) >= 11 is 1.45. The fourth-order valence-corrected chi connectivity index (χ4v) is 2.03. The number of aliphatic hydroxyl groups excluding tert-OH is 1. The smallest absolute Gasteiger partial charge is 0.252 e. The summed E-state index contributed by atoms with van der Waals surface area (Å²) in [5.74, 6) is 5.73. The van der Waals surface area contributed by atoms with Crippen LogP contribution in [0.4, 0.5) is 0 Å². The molecule has 0 saturated heterocycles. The second-order valence-corrected chi connectivity index (χ2v) is 6.09. The topological polar surface area (TPSA) is 49.3 Å². The van der Waals surface area contributed by atoms with Gasteiger partial charge < -0.3 is 10.4 Å². The third-order valence-corrected chi connectivity index (χ3v) is 3.84. The van der Waals surface area contributed by atoms with E-state index in [0.717, 1.165) is 11.3 Å². The van der Waals surface area contributed by atoms with Crippen molar-refractivity contribution >= 4 is 17.2 Å². The third-order valence-electron chi connectivity index (χ3n) is 2.99. The maximum absolute atomic E-state index is 12.0. The first kappa shape index (κ1) is 15.7. The number of carbonyl (C=O) groups excluding carboxylic acids is 1. The lowest BCUT2D eigenvalue weighted by molar-refractivity contribution is 0.0936. The molecule has 4 heteroatoms. The van der Waals surface area contributed by atoms with Crippen molar-refractivity contribution < 1.29 is 9.90 Å². The summed E-state index contributed by atoms with van der Waals surface area (Å²) in [5, 5.41) is 13.4. The van der Waals surface area contributed by atoms with Crippen LogP contribution in [-0.4, -0.2) is 24.2 Å². The van der Waals surface area contributed by atoms with Gasteiger partial charge in [0.15, 0.2) is 0 Å². The van der Waals surface area contributed by atoms with E-state index < -0.39 is 0 Å². The molecule has 0 aliphatic carbocycles. The lowest BCUT2D eigenvalue weighted by Gasteiger charge is -2.22. The number of carbonyl (C=O) groups is 1. The number of thiophene rings is 1. The van der Waals surface area contributed by atoms with Crippen LogP contribution in [0, 0.1) is 17.3 Å². The fraction of sp³-hybridized carbons (Fsp3) is 0.533. The number of rotatable bonds is 5. The van der Waals surface area contributed by atoms with Crippen LogP contribution in [0.1, 0.15) is 48.8 Å². The largest absolute Gasteiger partial charge is 0.395 e. The van der Waals surface area contributed by atoms with Gasteiger partial charge in [0.05, 0.1) is 17.0 Å². The van der Waals surface area contributed by atoms with Gasteiger partial charge in [0, 0.05) is 18.3 Å². The standard InChI is InChI=1S/C15H21NO2S/c1-4-15(2,3)11-16-14(18)12-9-13(19-10-12)7-5-6-8-17/h9-10,17H,4,6,8,11H2,1-3H3,(H,16,18). The third kappa shape index (κ3) is 5.46. The first-order valence-corrected chi connectivity index (χ1v) is 7.33. The molecular weight excluding hydrogens is 258 g/mol. The Balaban J connectivity index is 2.57. The zero-order chi connectivity index (χ0) is 14.3. The van der Waals surface area contributed by atoms with Crippen LogP contribution in [0.15, 0.2) is 11.4 Å². The van der Waals surface area contributed by atoms with E-state index in [1.165, 1.54) is 11.3 Å². The van der Waals surface area contributed by atoms with E-state index in [1.807, 2.05) is 5.38 Å². The molecule has 2 N–H and O–H groups in total. The Morgan fingerprint density at radius 3 is 2.89 bits per heavy atom. The van der Waals surface area contributed by atoms with Gasteiger partial charge in [-0.15, -0.1) is 11.3 Å². The van der Waals surface area contributed by atoms with Crippen LogP contribution in [0.25, 0.3) is 0 Å². The Morgan fingerprint density at radius 2 is 2.26 bits per heavy atom. The highest BCUT2D eigenvalue weighted by molar-refractivity contribution is 7.10. The predicted molar refractivity (Wildman–Crippen MR) is 79.3 cm³/mol. The molecule has 0 aliphatic heterocycles. The predicted octanol–water partition coefficient (Wildman–Crippen LogP) is 2.65. The van der Waals surface area contributed by atoms with Crippen molar-refractivity contribution in [1.29, 1.82) is 0 Å². The molecule has 0 atom stereocenters. The maximum atomic E-state index is 12.0. The average Bonchev–Trinajstić information content (AvgIpc) is 2.85. The van der Waals surface area contributed by atoms with E-state index in [2.05, 4.69) is 37.9 Å². The molecule has 0 aliphatic rings. The van der Waals surface area contributed by atoms with Crippen molar-refractivity contribution in [2.24, 2.45) is 5.41 Å². The molecule has 0 fully saturated rings. The van der Waals surface area contributed by atoms with Gasteiger partial charge in [-0.3, -0.25) is 4.79 Å². The van der Waals surface area contributed by atoms with Crippen LogP contribution in [0.2, 0.25) is 0 Å². The van der Waals surface area contributed by atoms with Gasteiger partial charge in [-0.1, -0.05) is 32.6 Å². The monoisotopic (exact) mass is 279 g/mol. The number of aliphatic hydroxyl groups is 1. The zero-order valence-corrected chi connectivity index (χ0v) is 12.6. The first-order valence-electron chi connectivity index (χ1n) is 6.45. The SMILES string of the molecule is CCC(C)(C)CNC(=O)c1csc(C#CCCO)c1. The van der Waals surface area contributed by atoms with Crippen molar-refractivity contribution in [3.05, 3.63) is 21.9 Å². The van der Waals surface area contributed by atoms with Crippen molar-refractivity contribution in [2.75, 3.05) is 13.2 Å². The number of nitrogens with one attached hydrogen (secondary N) is 1. The Kier molecular flexibility index (Phi) is 6.07. The van der Waals surface area contributed by atoms with E-state index in [4.69, 9.17) is 5.11 Å². The molecule has 104 valence electrons. The Labute approximate surface area is 119 Å². The highest BCUT2D eigenvalue weighted by Gasteiger charge is 2.17. The Bertz CT molecular complexity index is 480. The summed E-state index contributed by atoms with van der Waals surface area (Å²) in [6, 6.07) is 1.79. The summed E-state index contributed by atoms with van der Waals surface area (Å²) in [6.07, 6.45) is 1.49. The summed E-state index contributed by atoms with van der Waals surface area (Å²) in [4.78, 5) is 12.8. The van der Waals surface area contributed by atoms with Gasteiger partial charge in [-0.05, 0) is 17.9 Å². The van der Waals surface area contributed by atoms with Gasteiger partial charge in [0.2, 0.25) is 0 Å². The summed E-state index contributed by atoms with van der Waals surface area (Å²) < 4.78 is 0. The van der Waals surface area contributed by atoms with E-state index >= 15 is 0 Å². The quantitative estimate of drug-likeness (QED) is 0.814. The van der Waals surface area contributed by atoms with Gasteiger partial charge >= 0.3 is 0 Å². The molecule has 3 nitrogen and oxygen atoms in total. The lowest BCUT2D eigenvalue weighted by atomic mass is 9.90. The second-order valence-electron chi connectivity index (χ2n) is 5.18. The molecule has 1 heterocycles. The molecule has 1 rings (SSSR count). The molecule has 1 aromatic rings. The van der Waals surface area contributed by atoms with Gasteiger partial charge in [-0.2, -0.15) is 0 Å². The minimum atomic E-state index is -0.0482. The number of hydrogen-bond acceptors (Lipinski definition) is 3. The molecule has 0 aromatic carbocycles. The lowest BCUT2D eigenvalue weighted by Crippen LogP contribution is -2.33. The van der Waals surface area contributed by atoms with E-state index in [0.29, 0.717) is 18.5 Å². The summed E-state index contributed by atoms with van der Waals surface area (Å²) in [6.45, 7) is 7.12. The highest BCUT2D eigenvalue weighted by Crippen LogP contribution is 2.18. The minimum absolute atomic E-state index is 0.0482. The zero-order valence-electron chi connectivity index (χ0n) is 11.7. The van der Waals surface area contributed by atoms with Crippen LogP contribution in [-0.2, 0) is 0 Å². The first-order chi connectivity index (χ1) is 8.98. The van der Waals surface area contributed by atoms with Gasteiger partial charge in [0.1, 0.15) is 0 Å². The Hall–Kier alpha value is -1.31. The van der Waals surface area contributed by atoms with Gasteiger partial charge in [-0.25, -0.2) is 0 Å². The number of hydrogen-bond donors (Lipinski definition) is 2. The average molecular weight is 279 g/mol. The van der Waals surface area contributed by atoms with E-state index in [9.17, 15) is 4.79 Å². The molecule has 1 aromatic heterocycles. The van der Waals surface area contributed by atoms with Crippen LogP contribution in [0.5, 0.6) is 0 Å². The summed E-state index contributed by atoms with van der Waals surface area (Å²) in [7, 11) is 0. The molecular formula is C15H21NO2S. The van der Waals surface area contributed by atoms with E-state index in [-0.39, 0.29) is 17.9 Å². The molecule has 0 spiro atoms. The van der Waals surface area contributed by atoms with Crippen LogP contribution >= 0.6 is 11.3 Å². The number of amides is 1. The van der Waals surface area contributed by atoms with Crippen molar-refractivity contribution in [2.45, 2.75) is 33.6 Å². The molecule has 0 unspecified atom stereocenters. The van der Waals surface area contributed by atoms with E-state index in [1.54, 1.807) is 6.07 Å². The van der Waals surface area contributed by atoms with Crippen LogP contribution in [0.3, 0.4) is 0 Å². The maximum Gasteiger partial charge on any atom is 0.252 e. The van der Waals surface area contributed by atoms with Crippen LogP contribution < -0.4 is 5.32 Å². The summed E-state index contributed by atoms with van der Waals surface area (Å²) in [5.41, 5.74) is 0.778. The Morgan fingerprint density at radius 1 is 1.53 bits per heavy atom. The van der Waals surface area contributed by atoms with Crippen molar-refractivity contribution in [3.8, 4) is 11.8 Å². The molecule has 0 radical (unpaired) electrons. The highest BCUT2D eigenvalue weighted by atomic mass is 32.1. The van der Waals surface area contributed by atoms with Gasteiger partial charge in [0.25, 0.3) is 5.91 Å². The molecule has 0 saturated carbocycles.